The first-order chi connectivity index (χ1) is 15.0. The van der Waals surface area contributed by atoms with Gasteiger partial charge in [-0.15, -0.1) is 0 Å². The van der Waals surface area contributed by atoms with Gasteiger partial charge < -0.3 is 25.3 Å². The zero-order valence-electron chi connectivity index (χ0n) is 16.9. The van der Waals surface area contributed by atoms with Crippen molar-refractivity contribution < 1.29 is 14.3 Å². The number of nitrogens with one attached hydrogen (secondary N) is 4. The summed E-state index contributed by atoms with van der Waals surface area (Å²) in [7, 11) is 1.58. The summed E-state index contributed by atoms with van der Waals surface area (Å²) in [5.41, 5.74) is 5.42. The predicted molar refractivity (Wildman–Crippen MR) is 120 cm³/mol. The fraction of sp³-hybridized carbons (Fsp3) is 0.0870. The van der Waals surface area contributed by atoms with Crippen LogP contribution >= 0.6 is 0 Å². The number of hydrogen-bond donors (Lipinski definition) is 4. The standard InChI is InChI=1S/C23H19N5O3/c1-12(29)13-4-3-5-14(10-13)25-23-27-17-7-6-16-20(21(17)28-23)15(22(30)26-16)11-18-19(31-2)8-9-24-18/h3-11,24H,1-2H3,(H,26,30)(H2,25,27,28)/b15-11+. The number of benzene rings is 2. The topological polar surface area (TPSA) is 112 Å². The van der Waals surface area contributed by atoms with Gasteiger partial charge in [-0.2, -0.15) is 0 Å². The van der Waals surface area contributed by atoms with E-state index in [1.54, 1.807) is 37.6 Å². The summed E-state index contributed by atoms with van der Waals surface area (Å²) < 4.78 is 5.34. The highest BCUT2D eigenvalue weighted by Crippen LogP contribution is 2.39. The molecule has 0 saturated heterocycles. The highest BCUT2D eigenvalue weighted by atomic mass is 16.5. The Morgan fingerprint density at radius 2 is 2.06 bits per heavy atom. The highest BCUT2D eigenvalue weighted by molar-refractivity contribution is 6.37. The van der Waals surface area contributed by atoms with Crippen LogP contribution in [0.3, 0.4) is 0 Å². The van der Waals surface area contributed by atoms with Crippen LogP contribution < -0.4 is 15.4 Å². The van der Waals surface area contributed by atoms with E-state index < -0.39 is 0 Å². The Hall–Kier alpha value is -4.33. The number of carbonyl (C=O) groups is 2. The third kappa shape index (κ3) is 3.24. The molecule has 1 aliphatic heterocycles. The van der Waals surface area contributed by atoms with Crippen LogP contribution in [0.5, 0.6) is 5.75 Å². The molecule has 1 aliphatic rings. The van der Waals surface area contributed by atoms with Gasteiger partial charge in [0, 0.05) is 23.0 Å². The van der Waals surface area contributed by atoms with Crippen LogP contribution in [0.1, 0.15) is 28.5 Å². The maximum absolute atomic E-state index is 12.7. The molecule has 0 atom stereocenters. The molecule has 0 spiro atoms. The number of fused-ring (bicyclic) bond motifs is 3. The fourth-order valence-electron chi connectivity index (χ4n) is 3.71. The average molecular weight is 413 g/mol. The summed E-state index contributed by atoms with van der Waals surface area (Å²) in [6.07, 6.45) is 3.52. The van der Waals surface area contributed by atoms with E-state index in [1.807, 2.05) is 24.3 Å². The minimum Gasteiger partial charge on any atom is -0.495 e. The van der Waals surface area contributed by atoms with Crippen LogP contribution in [0.25, 0.3) is 22.7 Å². The molecule has 2 aromatic heterocycles. The van der Waals surface area contributed by atoms with E-state index in [1.165, 1.54) is 6.92 Å². The van der Waals surface area contributed by atoms with Crippen molar-refractivity contribution in [1.29, 1.82) is 0 Å². The van der Waals surface area contributed by atoms with E-state index in [-0.39, 0.29) is 11.7 Å². The van der Waals surface area contributed by atoms with Crippen LogP contribution in [0.4, 0.5) is 17.3 Å². The lowest BCUT2D eigenvalue weighted by Gasteiger charge is -2.04. The number of aromatic nitrogens is 3. The number of amides is 1. The second kappa shape index (κ2) is 7.17. The van der Waals surface area contributed by atoms with E-state index in [0.29, 0.717) is 39.7 Å². The third-order valence-electron chi connectivity index (χ3n) is 5.20. The van der Waals surface area contributed by atoms with Crippen LogP contribution in [-0.2, 0) is 4.79 Å². The van der Waals surface area contributed by atoms with Crippen molar-refractivity contribution in [2.45, 2.75) is 6.92 Å². The Balaban J connectivity index is 1.57. The largest absolute Gasteiger partial charge is 0.495 e. The maximum atomic E-state index is 12.7. The summed E-state index contributed by atoms with van der Waals surface area (Å²) in [5.74, 6) is 0.951. The number of H-pyrrole nitrogens is 2. The Labute approximate surface area is 177 Å². The molecule has 2 aromatic carbocycles. The molecule has 0 unspecified atom stereocenters. The Kier molecular flexibility index (Phi) is 4.32. The number of rotatable bonds is 5. The number of imidazole rings is 1. The molecule has 4 N–H and O–H groups in total. The SMILES string of the molecule is COc1cc[nH]c1/C=C1/C(=O)Nc2ccc3[nH]c(Nc4cccc(C(C)=O)c4)nc3c21. The van der Waals surface area contributed by atoms with Crippen molar-refractivity contribution in [2.75, 3.05) is 17.7 Å². The molecule has 3 heterocycles. The minimum atomic E-state index is -0.203. The zero-order chi connectivity index (χ0) is 21.5. The van der Waals surface area contributed by atoms with Crippen LogP contribution in [0, 0.1) is 0 Å². The molecular formula is C23H19N5O3. The van der Waals surface area contributed by atoms with Gasteiger partial charge in [0.15, 0.2) is 5.78 Å². The molecule has 0 aliphatic carbocycles. The lowest BCUT2D eigenvalue weighted by molar-refractivity contribution is -0.110. The van der Waals surface area contributed by atoms with E-state index in [4.69, 9.17) is 4.74 Å². The monoisotopic (exact) mass is 413 g/mol. The number of hydrogen-bond acceptors (Lipinski definition) is 5. The summed E-state index contributed by atoms with van der Waals surface area (Å²) in [4.78, 5) is 35.3. The van der Waals surface area contributed by atoms with E-state index >= 15 is 0 Å². The molecule has 31 heavy (non-hydrogen) atoms. The number of ketones is 1. The van der Waals surface area contributed by atoms with Crippen molar-refractivity contribution in [3.05, 3.63) is 65.5 Å². The van der Waals surface area contributed by atoms with E-state index in [0.717, 1.165) is 16.8 Å². The van der Waals surface area contributed by atoms with Crippen molar-refractivity contribution >= 4 is 51.7 Å². The highest BCUT2D eigenvalue weighted by Gasteiger charge is 2.28. The number of aromatic amines is 2. The lowest BCUT2D eigenvalue weighted by Crippen LogP contribution is -2.03. The van der Waals surface area contributed by atoms with Gasteiger partial charge in [0.2, 0.25) is 5.95 Å². The van der Waals surface area contributed by atoms with Crippen LogP contribution in [-0.4, -0.2) is 33.8 Å². The van der Waals surface area contributed by atoms with Crippen molar-refractivity contribution in [1.82, 2.24) is 15.0 Å². The van der Waals surface area contributed by atoms with E-state index in [9.17, 15) is 9.59 Å². The van der Waals surface area contributed by atoms with Crippen molar-refractivity contribution in [3.63, 3.8) is 0 Å². The van der Waals surface area contributed by atoms with Crippen molar-refractivity contribution in [3.8, 4) is 5.75 Å². The summed E-state index contributed by atoms with van der Waals surface area (Å²) in [6.45, 7) is 1.53. The molecule has 0 saturated carbocycles. The van der Waals surface area contributed by atoms with Gasteiger partial charge in [-0.3, -0.25) is 9.59 Å². The number of methoxy groups -OCH3 is 1. The lowest BCUT2D eigenvalue weighted by atomic mass is 10.0. The molecule has 8 heteroatoms. The fourth-order valence-corrected chi connectivity index (χ4v) is 3.71. The summed E-state index contributed by atoms with van der Waals surface area (Å²) in [5, 5.41) is 6.09. The van der Waals surface area contributed by atoms with Crippen molar-refractivity contribution in [2.24, 2.45) is 0 Å². The minimum absolute atomic E-state index is 0.00909. The average Bonchev–Trinajstić information content (AvgIpc) is 3.45. The molecule has 5 rings (SSSR count). The second-order valence-corrected chi connectivity index (χ2v) is 7.20. The molecular weight excluding hydrogens is 394 g/mol. The number of nitrogens with zero attached hydrogens (tertiary/aromatic N) is 1. The number of anilines is 3. The van der Waals surface area contributed by atoms with Gasteiger partial charge in [-0.25, -0.2) is 4.98 Å². The smallest absolute Gasteiger partial charge is 0.256 e. The predicted octanol–water partition coefficient (Wildman–Crippen LogP) is 4.34. The third-order valence-corrected chi connectivity index (χ3v) is 5.20. The zero-order valence-corrected chi connectivity index (χ0v) is 16.9. The first-order valence-corrected chi connectivity index (χ1v) is 9.69. The summed E-state index contributed by atoms with van der Waals surface area (Å²) >= 11 is 0. The summed E-state index contributed by atoms with van der Waals surface area (Å²) in [6, 6.07) is 12.7. The number of carbonyl (C=O) groups excluding carboxylic acids is 2. The Morgan fingerprint density at radius 1 is 1.19 bits per heavy atom. The molecule has 1 amide bonds. The van der Waals surface area contributed by atoms with Crippen LogP contribution in [0.15, 0.2) is 48.7 Å². The Morgan fingerprint density at radius 3 is 2.87 bits per heavy atom. The molecule has 0 fully saturated rings. The first kappa shape index (κ1) is 18.7. The second-order valence-electron chi connectivity index (χ2n) is 7.20. The Bertz CT molecular complexity index is 1380. The van der Waals surface area contributed by atoms with Gasteiger partial charge in [-0.1, -0.05) is 12.1 Å². The first-order valence-electron chi connectivity index (χ1n) is 9.69. The van der Waals surface area contributed by atoms with Crippen LogP contribution in [0.2, 0.25) is 0 Å². The molecule has 154 valence electrons. The number of ether oxygens (including phenoxy) is 1. The van der Waals surface area contributed by atoms with Gasteiger partial charge in [0.05, 0.1) is 29.6 Å². The van der Waals surface area contributed by atoms with Gasteiger partial charge in [-0.05, 0) is 43.3 Å². The quantitative estimate of drug-likeness (QED) is 0.287. The van der Waals surface area contributed by atoms with E-state index in [2.05, 4.69) is 25.6 Å². The molecule has 0 radical (unpaired) electrons. The number of Topliss-reactive ketones (excluding diaryl/α,β-unsaturated/α-hetero) is 1. The van der Waals surface area contributed by atoms with Gasteiger partial charge in [0.1, 0.15) is 11.3 Å². The molecule has 0 bridgehead atoms. The molecule has 8 nitrogen and oxygen atoms in total. The molecule has 4 aromatic rings. The normalized spacial score (nSPS) is 14.0. The van der Waals surface area contributed by atoms with Gasteiger partial charge >= 0.3 is 0 Å². The van der Waals surface area contributed by atoms with Gasteiger partial charge in [0.25, 0.3) is 5.91 Å². The maximum Gasteiger partial charge on any atom is 0.256 e.